The molecule has 0 spiro atoms. The van der Waals surface area contributed by atoms with Crippen molar-refractivity contribution < 1.29 is 4.79 Å². The maximum atomic E-state index is 12.8. The summed E-state index contributed by atoms with van der Waals surface area (Å²) in [5.74, 6) is 2.50. The third kappa shape index (κ3) is 3.19. The number of hydrogen-bond donors (Lipinski definition) is 0. The number of allylic oxidation sites excluding steroid dienone is 6. The van der Waals surface area contributed by atoms with Crippen LogP contribution in [0.15, 0.2) is 34.9 Å². The zero-order valence-corrected chi connectivity index (χ0v) is 21.5. The molecular formula is C30H46O. The molecule has 2 fully saturated rings. The molecule has 0 aliphatic heterocycles. The summed E-state index contributed by atoms with van der Waals surface area (Å²) in [5.41, 5.74) is 5.35. The van der Waals surface area contributed by atoms with Gasteiger partial charge in [0.25, 0.3) is 0 Å². The fourth-order valence-corrected chi connectivity index (χ4v) is 8.60. The van der Waals surface area contributed by atoms with Crippen LogP contribution in [-0.2, 0) is 4.79 Å². The maximum Gasteiger partial charge on any atom is 0.138 e. The SMILES string of the molecule is CC(C)=CCC[C@@H](C)[C@H]1CC[C@@]2(C)C3=CC[C@@H]4C(C)(C)C(=O)CC[C@]4(C)C3=CC[C@]12C. The van der Waals surface area contributed by atoms with Gasteiger partial charge in [-0.2, -0.15) is 0 Å². The Kier molecular flexibility index (Phi) is 5.55. The second kappa shape index (κ2) is 7.46. The van der Waals surface area contributed by atoms with E-state index in [9.17, 15) is 4.79 Å². The molecule has 0 aromatic heterocycles. The highest BCUT2D eigenvalue weighted by Gasteiger charge is 2.62. The summed E-state index contributed by atoms with van der Waals surface area (Å²) in [6, 6.07) is 0. The first-order chi connectivity index (χ1) is 14.4. The van der Waals surface area contributed by atoms with Gasteiger partial charge in [-0.1, -0.05) is 65.3 Å². The lowest BCUT2D eigenvalue weighted by Gasteiger charge is -2.59. The zero-order valence-electron chi connectivity index (χ0n) is 21.5. The predicted octanol–water partition coefficient (Wildman–Crippen LogP) is 8.46. The van der Waals surface area contributed by atoms with E-state index in [0.29, 0.717) is 17.1 Å². The van der Waals surface area contributed by atoms with Gasteiger partial charge in [-0.25, -0.2) is 0 Å². The third-order valence-electron chi connectivity index (χ3n) is 10.9. The van der Waals surface area contributed by atoms with Crippen molar-refractivity contribution >= 4 is 5.78 Å². The van der Waals surface area contributed by atoms with Crippen molar-refractivity contribution in [2.75, 3.05) is 0 Å². The van der Waals surface area contributed by atoms with E-state index in [1.165, 1.54) is 37.7 Å². The molecule has 31 heavy (non-hydrogen) atoms. The monoisotopic (exact) mass is 422 g/mol. The van der Waals surface area contributed by atoms with Gasteiger partial charge in [0.2, 0.25) is 0 Å². The minimum absolute atomic E-state index is 0.166. The molecule has 0 amide bonds. The van der Waals surface area contributed by atoms with Crippen molar-refractivity contribution in [1.82, 2.24) is 0 Å². The molecule has 0 unspecified atom stereocenters. The minimum Gasteiger partial charge on any atom is -0.299 e. The smallest absolute Gasteiger partial charge is 0.138 e. The first-order valence-corrected chi connectivity index (χ1v) is 13.0. The number of fused-ring (bicyclic) bond motifs is 5. The minimum atomic E-state index is -0.199. The zero-order chi connectivity index (χ0) is 22.8. The second-order valence-electron chi connectivity index (χ2n) is 13.0. The number of Topliss-reactive ketones (excluding diaryl/α,β-unsaturated/α-hetero) is 1. The van der Waals surface area contributed by atoms with Gasteiger partial charge in [-0.15, -0.1) is 0 Å². The largest absolute Gasteiger partial charge is 0.299 e. The Labute approximate surface area is 191 Å². The van der Waals surface area contributed by atoms with E-state index in [0.717, 1.165) is 31.1 Å². The van der Waals surface area contributed by atoms with Gasteiger partial charge in [0, 0.05) is 11.8 Å². The van der Waals surface area contributed by atoms with Crippen LogP contribution < -0.4 is 0 Å². The van der Waals surface area contributed by atoms with Crippen LogP contribution in [0, 0.1) is 39.4 Å². The molecule has 6 atom stereocenters. The van der Waals surface area contributed by atoms with Crippen molar-refractivity contribution in [2.45, 2.75) is 107 Å². The Bertz CT molecular complexity index is 850. The fraction of sp³-hybridized carbons (Fsp3) is 0.767. The summed E-state index contributed by atoms with van der Waals surface area (Å²) in [6.07, 6.45) is 17.0. The topological polar surface area (TPSA) is 17.1 Å². The Morgan fingerprint density at radius 3 is 2.48 bits per heavy atom. The predicted molar refractivity (Wildman–Crippen MR) is 132 cm³/mol. The Hall–Kier alpha value is -1.11. The summed E-state index contributed by atoms with van der Waals surface area (Å²) >= 11 is 0. The number of carbonyl (C=O) groups excluding carboxylic acids is 1. The average molecular weight is 423 g/mol. The molecule has 0 radical (unpaired) electrons. The summed E-state index contributed by atoms with van der Waals surface area (Å²) < 4.78 is 0. The van der Waals surface area contributed by atoms with Gasteiger partial charge in [0.05, 0.1) is 0 Å². The summed E-state index contributed by atoms with van der Waals surface area (Å²) in [7, 11) is 0. The van der Waals surface area contributed by atoms with Gasteiger partial charge >= 0.3 is 0 Å². The molecule has 0 bridgehead atoms. The molecule has 0 N–H and O–H groups in total. The molecule has 0 aromatic carbocycles. The van der Waals surface area contributed by atoms with Crippen LogP contribution in [0.4, 0.5) is 0 Å². The lowest BCUT2D eigenvalue weighted by atomic mass is 9.44. The van der Waals surface area contributed by atoms with Crippen molar-refractivity contribution in [3.05, 3.63) is 34.9 Å². The number of hydrogen-bond acceptors (Lipinski definition) is 1. The first-order valence-electron chi connectivity index (χ1n) is 13.0. The van der Waals surface area contributed by atoms with Crippen LogP contribution in [0.5, 0.6) is 0 Å². The Balaban J connectivity index is 1.67. The van der Waals surface area contributed by atoms with E-state index in [4.69, 9.17) is 0 Å². The highest BCUT2D eigenvalue weighted by atomic mass is 16.1. The summed E-state index contributed by atoms with van der Waals surface area (Å²) in [6.45, 7) is 19.1. The molecular weight excluding hydrogens is 376 g/mol. The van der Waals surface area contributed by atoms with Crippen molar-refractivity contribution in [1.29, 1.82) is 0 Å². The molecule has 4 aliphatic rings. The Morgan fingerprint density at radius 2 is 1.81 bits per heavy atom. The van der Waals surface area contributed by atoms with Crippen molar-refractivity contribution in [2.24, 2.45) is 39.4 Å². The normalized spacial score (nSPS) is 42.0. The molecule has 1 heteroatoms. The molecule has 0 aromatic rings. The van der Waals surface area contributed by atoms with Crippen LogP contribution in [0.1, 0.15) is 107 Å². The van der Waals surface area contributed by atoms with Crippen LogP contribution in [0.2, 0.25) is 0 Å². The van der Waals surface area contributed by atoms with Crippen LogP contribution >= 0.6 is 0 Å². The summed E-state index contributed by atoms with van der Waals surface area (Å²) in [4.78, 5) is 12.8. The first kappa shape index (κ1) is 23.1. The van der Waals surface area contributed by atoms with E-state index in [1.54, 1.807) is 11.1 Å². The maximum absolute atomic E-state index is 12.8. The van der Waals surface area contributed by atoms with Crippen LogP contribution in [0.3, 0.4) is 0 Å². The van der Waals surface area contributed by atoms with E-state index < -0.39 is 0 Å². The van der Waals surface area contributed by atoms with Crippen LogP contribution in [-0.4, -0.2) is 5.78 Å². The van der Waals surface area contributed by atoms with Crippen molar-refractivity contribution in [3.63, 3.8) is 0 Å². The quantitative estimate of drug-likeness (QED) is 0.415. The lowest BCUT2D eigenvalue weighted by Crippen LogP contribution is -2.53. The van der Waals surface area contributed by atoms with Gasteiger partial charge in [-0.05, 0) is 104 Å². The lowest BCUT2D eigenvalue weighted by molar-refractivity contribution is -0.138. The molecule has 0 heterocycles. The van der Waals surface area contributed by atoms with E-state index in [2.05, 4.69) is 73.6 Å². The van der Waals surface area contributed by atoms with Gasteiger partial charge in [-0.3, -0.25) is 4.79 Å². The van der Waals surface area contributed by atoms with Gasteiger partial charge < -0.3 is 0 Å². The number of carbonyl (C=O) groups is 1. The van der Waals surface area contributed by atoms with Gasteiger partial charge in [0.15, 0.2) is 0 Å². The molecule has 4 rings (SSSR count). The van der Waals surface area contributed by atoms with E-state index in [-0.39, 0.29) is 16.2 Å². The standard InChI is InChI=1S/C30H46O/c1-20(2)10-9-11-21(3)22-14-18-30(8)24-12-13-25-27(4,5)26(31)16-17-28(25,6)23(24)15-19-29(22,30)7/h10,12,15,21-22,25H,9,11,13-14,16-19H2,1-8H3/t21-,22-,25-,28-,29-,30+/m1/s1. The van der Waals surface area contributed by atoms with E-state index >= 15 is 0 Å². The van der Waals surface area contributed by atoms with E-state index in [1.807, 2.05) is 0 Å². The van der Waals surface area contributed by atoms with Gasteiger partial charge in [0.1, 0.15) is 5.78 Å². The fourth-order valence-electron chi connectivity index (χ4n) is 8.60. The van der Waals surface area contributed by atoms with Crippen molar-refractivity contribution in [3.8, 4) is 0 Å². The molecule has 4 aliphatic carbocycles. The second-order valence-corrected chi connectivity index (χ2v) is 13.0. The average Bonchev–Trinajstić information content (AvgIpc) is 2.96. The molecule has 2 saturated carbocycles. The Morgan fingerprint density at radius 1 is 1.10 bits per heavy atom. The summed E-state index contributed by atoms with van der Waals surface area (Å²) in [5, 5.41) is 0. The molecule has 1 nitrogen and oxygen atoms in total. The molecule has 172 valence electrons. The number of ketones is 1. The molecule has 0 saturated heterocycles. The highest BCUT2D eigenvalue weighted by Crippen LogP contribution is 2.71. The third-order valence-corrected chi connectivity index (χ3v) is 10.9. The number of rotatable bonds is 4. The highest BCUT2D eigenvalue weighted by molar-refractivity contribution is 5.86. The van der Waals surface area contributed by atoms with Crippen LogP contribution in [0.25, 0.3) is 0 Å².